The van der Waals surface area contributed by atoms with Gasteiger partial charge in [0, 0.05) is 42.8 Å². The fraction of sp³-hybridized carbons (Fsp3) is 0.526. The van der Waals surface area contributed by atoms with Gasteiger partial charge in [0.1, 0.15) is 5.75 Å². The van der Waals surface area contributed by atoms with E-state index in [1.54, 1.807) is 7.11 Å². The number of aromatic nitrogens is 2. The maximum Gasteiger partial charge on any atom is 0.118 e. The molecule has 0 amide bonds. The highest BCUT2D eigenvalue weighted by atomic mass is 16.5. The van der Waals surface area contributed by atoms with Crippen LogP contribution in [0.4, 0.5) is 0 Å². The van der Waals surface area contributed by atoms with Crippen molar-refractivity contribution in [3.8, 4) is 17.0 Å². The summed E-state index contributed by atoms with van der Waals surface area (Å²) in [5, 5.41) is 10.9. The number of aromatic amines is 1. The molecule has 0 saturated carbocycles. The van der Waals surface area contributed by atoms with Crippen molar-refractivity contribution in [3.63, 3.8) is 0 Å². The van der Waals surface area contributed by atoms with E-state index in [-0.39, 0.29) is 5.54 Å². The molecule has 136 valence electrons. The van der Waals surface area contributed by atoms with Crippen molar-refractivity contribution in [1.82, 2.24) is 20.4 Å². The lowest BCUT2D eigenvalue weighted by Gasteiger charge is -2.41. The fourth-order valence-corrected chi connectivity index (χ4v) is 3.24. The molecule has 6 nitrogen and oxygen atoms in total. The second kappa shape index (κ2) is 7.99. The summed E-state index contributed by atoms with van der Waals surface area (Å²) in [7, 11) is 1.68. The van der Waals surface area contributed by atoms with Crippen molar-refractivity contribution in [2.24, 2.45) is 0 Å². The SMILES string of the molecule is COc1ccc(-c2[nH]ncc2CNCC(C)(C)N2CCOCC2)cc1. The van der Waals surface area contributed by atoms with Crippen molar-refractivity contribution in [3.05, 3.63) is 36.0 Å². The van der Waals surface area contributed by atoms with Crippen LogP contribution in [0.1, 0.15) is 19.4 Å². The molecule has 1 saturated heterocycles. The van der Waals surface area contributed by atoms with Crippen LogP contribution in [-0.4, -0.2) is 60.6 Å². The lowest BCUT2D eigenvalue weighted by molar-refractivity contribution is -0.00966. The highest BCUT2D eigenvalue weighted by molar-refractivity contribution is 5.63. The summed E-state index contributed by atoms with van der Waals surface area (Å²) in [6.45, 7) is 9.91. The summed E-state index contributed by atoms with van der Waals surface area (Å²) in [5.41, 5.74) is 3.44. The van der Waals surface area contributed by atoms with Crippen LogP contribution in [0.25, 0.3) is 11.3 Å². The van der Waals surface area contributed by atoms with Crippen LogP contribution in [0.2, 0.25) is 0 Å². The molecular formula is C19H28N4O2. The van der Waals surface area contributed by atoms with Crippen LogP contribution in [0.3, 0.4) is 0 Å². The van der Waals surface area contributed by atoms with Crippen LogP contribution >= 0.6 is 0 Å². The van der Waals surface area contributed by atoms with E-state index < -0.39 is 0 Å². The van der Waals surface area contributed by atoms with E-state index in [0.717, 1.165) is 56.4 Å². The van der Waals surface area contributed by atoms with Gasteiger partial charge in [0.25, 0.3) is 0 Å². The molecule has 2 heterocycles. The molecule has 25 heavy (non-hydrogen) atoms. The number of methoxy groups -OCH3 is 1. The van der Waals surface area contributed by atoms with Crippen molar-refractivity contribution < 1.29 is 9.47 Å². The molecule has 6 heteroatoms. The van der Waals surface area contributed by atoms with E-state index in [2.05, 4.69) is 34.3 Å². The minimum atomic E-state index is 0.105. The van der Waals surface area contributed by atoms with Gasteiger partial charge in [0.15, 0.2) is 0 Å². The number of ether oxygens (including phenoxy) is 2. The van der Waals surface area contributed by atoms with Crippen molar-refractivity contribution in [2.75, 3.05) is 40.0 Å². The lowest BCUT2D eigenvalue weighted by atomic mass is 10.0. The number of H-pyrrole nitrogens is 1. The van der Waals surface area contributed by atoms with Crippen molar-refractivity contribution in [2.45, 2.75) is 25.9 Å². The normalized spacial score (nSPS) is 16.1. The van der Waals surface area contributed by atoms with Crippen LogP contribution in [-0.2, 0) is 11.3 Å². The highest BCUT2D eigenvalue weighted by Gasteiger charge is 2.27. The predicted octanol–water partition coefficient (Wildman–Crippen LogP) is 2.29. The monoisotopic (exact) mass is 344 g/mol. The van der Waals surface area contributed by atoms with E-state index in [1.807, 2.05) is 30.5 Å². The summed E-state index contributed by atoms with van der Waals surface area (Å²) in [6.07, 6.45) is 1.90. The molecule has 1 aliphatic rings. The van der Waals surface area contributed by atoms with Gasteiger partial charge in [0.2, 0.25) is 0 Å². The molecule has 0 unspecified atom stereocenters. The summed E-state index contributed by atoms with van der Waals surface area (Å²) in [4.78, 5) is 2.49. The van der Waals surface area contributed by atoms with Gasteiger partial charge in [0.05, 0.1) is 32.2 Å². The van der Waals surface area contributed by atoms with E-state index in [4.69, 9.17) is 9.47 Å². The molecule has 3 rings (SSSR count). The zero-order chi connectivity index (χ0) is 17.7. The maximum atomic E-state index is 5.46. The number of nitrogens with zero attached hydrogens (tertiary/aromatic N) is 2. The van der Waals surface area contributed by atoms with E-state index in [1.165, 1.54) is 5.56 Å². The van der Waals surface area contributed by atoms with Gasteiger partial charge in [-0.1, -0.05) is 0 Å². The summed E-state index contributed by atoms with van der Waals surface area (Å²) < 4.78 is 10.7. The van der Waals surface area contributed by atoms with Crippen LogP contribution in [0.15, 0.2) is 30.5 Å². The number of hydrogen-bond acceptors (Lipinski definition) is 5. The predicted molar refractivity (Wildman–Crippen MR) is 98.8 cm³/mol. The number of rotatable bonds is 7. The van der Waals surface area contributed by atoms with Crippen LogP contribution in [0.5, 0.6) is 5.75 Å². The first-order valence-corrected chi connectivity index (χ1v) is 8.80. The number of morpholine rings is 1. The number of hydrogen-bond donors (Lipinski definition) is 2. The Morgan fingerprint density at radius 1 is 1.24 bits per heavy atom. The second-order valence-corrected chi connectivity index (χ2v) is 7.01. The number of nitrogens with one attached hydrogen (secondary N) is 2. The summed E-state index contributed by atoms with van der Waals surface area (Å²) >= 11 is 0. The van der Waals surface area contributed by atoms with Crippen LogP contribution in [0, 0.1) is 0 Å². The third kappa shape index (κ3) is 4.39. The third-order valence-electron chi connectivity index (χ3n) is 4.84. The van der Waals surface area contributed by atoms with Crippen molar-refractivity contribution >= 4 is 0 Å². The zero-order valence-corrected chi connectivity index (χ0v) is 15.3. The molecule has 0 aliphatic carbocycles. The Morgan fingerprint density at radius 2 is 1.96 bits per heavy atom. The lowest BCUT2D eigenvalue weighted by Crippen LogP contribution is -2.54. The van der Waals surface area contributed by atoms with E-state index in [9.17, 15) is 0 Å². The molecule has 0 bridgehead atoms. The molecule has 1 aliphatic heterocycles. The standard InChI is InChI=1S/C19H28N4O2/c1-19(2,23-8-10-25-11-9-23)14-20-12-16-13-21-22-18(16)15-4-6-17(24-3)7-5-15/h4-7,13,20H,8-12,14H2,1-3H3,(H,21,22). The first kappa shape index (κ1) is 17.9. The summed E-state index contributed by atoms with van der Waals surface area (Å²) in [6, 6.07) is 8.03. The Kier molecular flexibility index (Phi) is 5.73. The molecular weight excluding hydrogens is 316 g/mol. The molecule has 1 aromatic heterocycles. The average molecular weight is 344 g/mol. The van der Waals surface area contributed by atoms with Crippen molar-refractivity contribution in [1.29, 1.82) is 0 Å². The summed E-state index contributed by atoms with van der Waals surface area (Å²) in [5.74, 6) is 0.857. The van der Waals surface area contributed by atoms with E-state index in [0.29, 0.717) is 0 Å². The average Bonchev–Trinajstić information content (AvgIpc) is 3.11. The molecule has 1 aromatic carbocycles. The molecule has 1 fully saturated rings. The topological polar surface area (TPSA) is 62.4 Å². The largest absolute Gasteiger partial charge is 0.497 e. The maximum absolute atomic E-state index is 5.46. The van der Waals surface area contributed by atoms with Gasteiger partial charge in [-0.2, -0.15) is 5.10 Å². The molecule has 2 N–H and O–H groups in total. The Balaban J connectivity index is 1.59. The number of benzene rings is 1. The van der Waals surface area contributed by atoms with E-state index >= 15 is 0 Å². The molecule has 0 spiro atoms. The Labute approximate surface area is 149 Å². The molecule has 2 aromatic rings. The highest BCUT2D eigenvalue weighted by Crippen LogP contribution is 2.24. The van der Waals surface area contributed by atoms with Gasteiger partial charge in [-0.05, 0) is 38.1 Å². The molecule has 0 radical (unpaired) electrons. The smallest absolute Gasteiger partial charge is 0.118 e. The zero-order valence-electron chi connectivity index (χ0n) is 15.3. The van der Waals surface area contributed by atoms with Gasteiger partial charge in [-0.25, -0.2) is 0 Å². The second-order valence-electron chi connectivity index (χ2n) is 7.01. The molecule has 0 atom stereocenters. The minimum absolute atomic E-state index is 0.105. The fourth-order valence-electron chi connectivity index (χ4n) is 3.24. The van der Waals surface area contributed by atoms with Gasteiger partial charge in [-0.3, -0.25) is 10.00 Å². The third-order valence-corrected chi connectivity index (χ3v) is 4.84. The first-order chi connectivity index (χ1) is 12.1. The first-order valence-electron chi connectivity index (χ1n) is 8.80. The van der Waals surface area contributed by atoms with Gasteiger partial charge in [-0.15, -0.1) is 0 Å². The van der Waals surface area contributed by atoms with Crippen LogP contribution < -0.4 is 10.1 Å². The van der Waals surface area contributed by atoms with Gasteiger partial charge < -0.3 is 14.8 Å². The quantitative estimate of drug-likeness (QED) is 0.807. The Bertz CT molecular complexity index is 660. The minimum Gasteiger partial charge on any atom is -0.497 e. The Morgan fingerprint density at radius 3 is 2.64 bits per heavy atom. The Hall–Kier alpha value is -1.89. The van der Waals surface area contributed by atoms with Gasteiger partial charge >= 0.3 is 0 Å².